The molecule has 11 heavy (non-hydrogen) atoms. The van der Waals surface area contributed by atoms with Gasteiger partial charge in [-0.15, -0.1) is 0 Å². The van der Waals surface area contributed by atoms with Crippen LogP contribution in [0.5, 0.6) is 0 Å². The average Bonchev–Trinajstić information content (AvgIpc) is 1.96. The standard InChI is InChI=1S/C8H9ClFN/c1-5-6(4-11)2-7(10)3-8(5)9/h2-3H,4,11H2,1H3. The molecule has 0 heterocycles. The maximum Gasteiger partial charge on any atom is 0.125 e. The lowest BCUT2D eigenvalue weighted by molar-refractivity contribution is 0.625. The van der Waals surface area contributed by atoms with Gasteiger partial charge in [0, 0.05) is 11.6 Å². The molecule has 0 unspecified atom stereocenters. The van der Waals surface area contributed by atoms with Crippen molar-refractivity contribution in [1.29, 1.82) is 0 Å². The minimum absolute atomic E-state index is 0.323. The van der Waals surface area contributed by atoms with Crippen LogP contribution in [0.3, 0.4) is 0 Å². The molecule has 0 fully saturated rings. The number of rotatable bonds is 1. The molecule has 0 amide bonds. The molecule has 1 nitrogen and oxygen atoms in total. The summed E-state index contributed by atoms with van der Waals surface area (Å²) in [5, 5.41) is 0.436. The van der Waals surface area contributed by atoms with Gasteiger partial charge >= 0.3 is 0 Å². The van der Waals surface area contributed by atoms with E-state index in [1.165, 1.54) is 12.1 Å². The highest BCUT2D eigenvalue weighted by Crippen LogP contribution is 2.20. The van der Waals surface area contributed by atoms with Crippen LogP contribution in [0.15, 0.2) is 12.1 Å². The number of benzene rings is 1. The Morgan fingerprint density at radius 2 is 2.18 bits per heavy atom. The van der Waals surface area contributed by atoms with Gasteiger partial charge in [-0.25, -0.2) is 4.39 Å². The molecule has 1 aromatic rings. The Labute approximate surface area is 70.0 Å². The van der Waals surface area contributed by atoms with Crippen molar-refractivity contribution < 1.29 is 4.39 Å². The fraction of sp³-hybridized carbons (Fsp3) is 0.250. The van der Waals surface area contributed by atoms with E-state index in [2.05, 4.69) is 0 Å². The van der Waals surface area contributed by atoms with E-state index in [9.17, 15) is 4.39 Å². The third-order valence-electron chi connectivity index (χ3n) is 1.64. The van der Waals surface area contributed by atoms with Crippen LogP contribution in [0.2, 0.25) is 5.02 Å². The number of halogens is 2. The zero-order valence-corrected chi connectivity index (χ0v) is 6.95. The molecule has 0 aromatic heterocycles. The van der Waals surface area contributed by atoms with Crippen molar-refractivity contribution in [1.82, 2.24) is 0 Å². The van der Waals surface area contributed by atoms with Crippen molar-refractivity contribution in [3.63, 3.8) is 0 Å². The molecule has 0 aliphatic rings. The van der Waals surface area contributed by atoms with E-state index in [0.717, 1.165) is 11.1 Å². The van der Waals surface area contributed by atoms with Gasteiger partial charge in [0.05, 0.1) is 0 Å². The van der Waals surface area contributed by atoms with Crippen LogP contribution in [0, 0.1) is 12.7 Å². The lowest BCUT2D eigenvalue weighted by atomic mass is 10.1. The van der Waals surface area contributed by atoms with Gasteiger partial charge in [0.2, 0.25) is 0 Å². The molecule has 60 valence electrons. The van der Waals surface area contributed by atoms with Gasteiger partial charge in [0.1, 0.15) is 5.82 Å². The fourth-order valence-corrected chi connectivity index (χ4v) is 1.14. The van der Waals surface area contributed by atoms with E-state index in [4.69, 9.17) is 17.3 Å². The van der Waals surface area contributed by atoms with E-state index in [1.807, 2.05) is 6.92 Å². The van der Waals surface area contributed by atoms with Crippen molar-refractivity contribution in [2.24, 2.45) is 5.73 Å². The Morgan fingerprint density at radius 3 is 2.73 bits per heavy atom. The lowest BCUT2D eigenvalue weighted by Crippen LogP contribution is -2.00. The van der Waals surface area contributed by atoms with Crippen molar-refractivity contribution in [2.75, 3.05) is 0 Å². The Hall–Kier alpha value is -0.600. The van der Waals surface area contributed by atoms with Crippen molar-refractivity contribution in [3.8, 4) is 0 Å². The molecule has 0 saturated carbocycles. The average molecular weight is 174 g/mol. The summed E-state index contributed by atoms with van der Waals surface area (Å²) in [5.74, 6) is -0.332. The summed E-state index contributed by atoms with van der Waals surface area (Å²) in [6.45, 7) is 2.15. The van der Waals surface area contributed by atoms with Crippen LogP contribution < -0.4 is 5.73 Å². The summed E-state index contributed by atoms with van der Waals surface area (Å²) in [4.78, 5) is 0. The highest BCUT2D eigenvalue weighted by atomic mass is 35.5. The minimum atomic E-state index is -0.332. The SMILES string of the molecule is Cc1c(Cl)cc(F)cc1CN. The predicted molar refractivity (Wildman–Crippen MR) is 44.0 cm³/mol. The lowest BCUT2D eigenvalue weighted by Gasteiger charge is -2.04. The normalized spacial score (nSPS) is 10.2. The fourth-order valence-electron chi connectivity index (χ4n) is 0.911. The van der Waals surface area contributed by atoms with Crippen molar-refractivity contribution >= 4 is 11.6 Å². The third kappa shape index (κ3) is 1.70. The van der Waals surface area contributed by atoms with E-state index < -0.39 is 0 Å². The molecule has 3 heteroatoms. The minimum Gasteiger partial charge on any atom is -0.326 e. The van der Waals surface area contributed by atoms with Crippen LogP contribution in [0.1, 0.15) is 11.1 Å². The van der Waals surface area contributed by atoms with E-state index in [0.29, 0.717) is 11.6 Å². The second-order valence-electron chi connectivity index (χ2n) is 2.38. The molecule has 1 aromatic carbocycles. The van der Waals surface area contributed by atoms with Crippen LogP contribution >= 0.6 is 11.6 Å². The van der Waals surface area contributed by atoms with E-state index in [1.54, 1.807) is 0 Å². The van der Waals surface area contributed by atoms with E-state index >= 15 is 0 Å². The topological polar surface area (TPSA) is 26.0 Å². The number of hydrogen-bond acceptors (Lipinski definition) is 1. The third-order valence-corrected chi connectivity index (χ3v) is 2.03. The molecular weight excluding hydrogens is 165 g/mol. The number of nitrogens with two attached hydrogens (primary N) is 1. The molecule has 0 aliphatic carbocycles. The monoisotopic (exact) mass is 173 g/mol. The zero-order valence-electron chi connectivity index (χ0n) is 6.20. The second kappa shape index (κ2) is 3.20. The van der Waals surface area contributed by atoms with E-state index in [-0.39, 0.29) is 5.82 Å². The van der Waals surface area contributed by atoms with Crippen molar-refractivity contribution in [3.05, 3.63) is 34.1 Å². The quantitative estimate of drug-likeness (QED) is 0.693. The smallest absolute Gasteiger partial charge is 0.125 e. The molecule has 2 N–H and O–H groups in total. The highest BCUT2D eigenvalue weighted by molar-refractivity contribution is 6.31. The molecule has 0 radical (unpaired) electrons. The summed E-state index contributed by atoms with van der Waals surface area (Å²) in [6.07, 6.45) is 0. The summed E-state index contributed by atoms with van der Waals surface area (Å²) in [6, 6.07) is 2.69. The van der Waals surface area contributed by atoms with Gasteiger partial charge in [0.25, 0.3) is 0 Å². The second-order valence-corrected chi connectivity index (χ2v) is 2.78. The predicted octanol–water partition coefficient (Wildman–Crippen LogP) is 2.25. The summed E-state index contributed by atoms with van der Waals surface area (Å²) in [7, 11) is 0. The van der Waals surface area contributed by atoms with Gasteiger partial charge in [-0.3, -0.25) is 0 Å². The molecule has 1 rings (SSSR count). The largest absolute Gasteiger partial charge is 0.326 e. The zero-order chi connectivity index (χ0) is 8.43. The van der Waals surface area contributed by atoms with Gasteiger partial charge in [-0.1, -0.05) is 11.6 Å². The highest BCUT2D eigenvalue weighted by Gasteiger charge is 2.03. The maximum atomic E-state index is 12.7. The summed E-state index contributed by atoms with van der Waals surface area (Å²) < 4.78 is 12.7. The van der Waals surface area contributed by atoms with Crippen LogP contribution in [0.25, 0.3) is 0 Å². The van der Waals surface area contributed by atoms with Gasteiger partial charge in [-0.2, -0.15) is 0 Å². The van der Waals surface area contributed by atoms with Crippen molar-refractivity contribution in [2.45, 2.75) is 13.5 Å². The first-order chi connectivity index (χ1) is 5.15. The first-order valence-corrected chi connectivity index (χ1v) is 3.67. The Morgan fingerprint density at radius 1 is 1.55 bits per heavy atom. The van der Waals surface area contributed by atoms with Crippen LogP contribution in [-0.2, 0) is 6.54 Å². The van der Waals surface area contributed by atoms with Crippen LogP contribution in [0.4, 0.5) is 4.39 Å². The Kier molecular flexibility index (Phi) is 2.47. The van der Waals surface area contributed by atoms with Crippen LogP contribution in [-0.4, -0.2) is 0 Å². The number of hydrogen-bond donors (Lipinski definition) is 1. The maximum absolute atomic E-state index is 12.7. The first-order valence-electron chi connectivity index (χ1n) is 3.29. The Balaban J connectivity index is 3.24. The van der Waals surface area contributed by atoms with Gasteiger partial charge < -0.3 is 5.73 Å². The molecule has 0 atom stereocenters. The molecule has 0 spiro atoms. The van der Waals surface area contributed by atoms with Gasteiger partial charge in [0.15, 0.2) is 0 Å². The Bertz CT molecular complexity index is 273. The van der Waals surface area contributed by atoms with Gasteiger partial charge in [-0.05, 0) is 30.2 Å². The molecule has 0 aliphatic heterocycles. The summed E-state index contributed by atoms with van der Waals surface area (Å²) in [5.41, 5.74) is 6.98. The summed E-state index contributed by atoms with van der Waals surface area (Å²) >= 11 is 5.70. The molecule has 0 saturated heterocycles. The molecular formula is C8H9ClFN. The first kappa shape index (κ1) is 8.50. The molecule has 0 bridgehead atoms.